The molecule has 1 N–H and O–H groups in total. The molecule has 2 fully saturated rings. The van der Waals surface area contributed by atoms with Gasteiger partial charge >= 0.3 is 0 Å². The molecular formula is C22H31N3O5S. The number of fused-ring (bicyclic) bond motifs is 1. The Bertz CT molecular complexity index is 929. The van der Waals surface area contributed by atoms with Crippen molar-refractivity contribution in [3.63, 3.8) is 0 Å². The molecule has 8 nitrogen and oxygen atoms in total. The summed E-state index contributed by atoms with van der Waals surface area (Å²) >= 11 is 0. The number of hydrogen-bond donors (Lipinski definition) is 1. The first-order valence-electron chi connectivity index (χ1n) is 11.1. The van der Waals surface area contributed by atoms with Crippen molar-refractivity contribution in [1.29, 1.82) is 0 Å². The number of amides is 2. The molecule has 2 amide bonds. The van der Waals surface area contributed by atoms with Crippen LogP contribution in [0.4, 0.5) is 5.69 Å². The number of carbonyl (C=O) groups excluding carboxylic acids is 2. The number of hydrogen-bond acceptors (Lipinski definition) is 6. The minimum atomic E-state index is -3.10. The highest BCUT2D eigenvalue weighted by Crippen LogP contribution is 2.34. The van der Waals surface area contributed by atoms with Gasteiger partial charge in [-0.3, -0.25) is 9.59 Å². The summed E-state index contributed by atoms with van der Waals surface area (Å²) in [6, 6.07) is 7.22. The van der Waals surface area contributed by atoms with Gasteiger partial charge in [-0.15, -0.1) is 0 Å². The summed E-state index contributed by atoms with van der Waals surface area (Å²) in [7, 11) is -1.54. The van der Waals surface area contributed by atoms with Gasteiger partial charge in [0.1, 0.15) is 5.75 Å². The number of para-hydroxylation sites is 2. The van der Waals surface area contributed by atoms with Gasteiger partial charge in [0.05, 0.1) is 30.3 Å². The van der Waals surface area contributed by atoms with E-state index in [0.717, 1.165) is 37.8 Å². The largest absolute Gasteiger partial charge is 0.477 e. The summed E-state index contributed by atoms with van der Waals surface area (Å²) in [5.74, 6) is 0.463. The van der Waals surface area contributed by atoms with E-state index in [1.165, 1.54) is 0 Å². The maximum Gasteiger partial charge on any atom is 0.262 e. The lowest BCUT2D eigenvalue weighted by Crippen LogP contribution is -2.55. The maximum absolute atomic E-state index is 13.6. The van der Waals surface area contributed by atoms with Crippen LogP contribution in [0.25, 0.3) is 0 Å². The van der Waals surface area contributed by atoms with E-state index in [4.69, 9.17) is 4.74 Å². The lowest BCUT2D eigenvalue weighted by molar-refractivity contribution is -0.135. The molecule has 170 valence electrons. The van der Waals surface area contributed by atoms with E-state index in [0.29, 0.717) is 12.2 Å². The van der Waals surface area contributed by atoms with Crippen molar-refractivity contribution in [1.82, 2.24) is 10.2 Å². The van der Waals surface area contributed by atoms with E-state index in [9.17, 15) is 18.0 Å². The van der Waals surface area contributed by atoms with Crippen molar-refractivity contribution in [2.75, 3.05) is 36.5 Å². The quantitative estimate of drug-likeness (QED) is 0.729. The van der Waals surface area contributed by atoms with Gasteiger partial charge in [0.2, 0.25) is 5.91 Å². The van der Waals surface area contributed by atoms with Crippen LogP contribution in [-0.4, -0.2) is 75.0 Å². The molecule has 0 spiro atoms. The van der Waals surface area contributed by atoms with Crippen LogP contribution < -0.4 is 15.0 Å². The maximum atomic E-state index is 13.6. The highest BCUT2D eigenvalue weighted by molar-refractivity contribution is 7.91. The zero-order valence-corrected chi connectivity index (χ0v) is 18.8. The molecule has 31 heavy (non-hydrogen) atoms. The van der Waals surface area contributed by atoms with Crippen molar-refractivity contribution >= 4 is 27.3 Å². The van der Waals surface area contributed by atoms with E-state index in [-0.39, 0.29) is 48.5 Å². The molecule has 0 unspecified atom stereocenters. The van der Waals surface area contributed by atoms with Crippen molar-refractivity contribution < 1.29 is 22.7 Å². The Balaban J connectivity index is 1.57. The Morgan fingerprint density at radius 2 is 1.87 bits per heavy atom. The van der Waals surface area contributed by atoms with Gasteiger partial charge in [-0.2, -0.15) is 0 Å². The fourth-order valence-electron chi connectivity index (χ4n) is 5.06. The number of nitrogens with zero attached hydrogens (tertiary/aromatic N) is 2. The normalized spacial score (nSPS) is 25.4. The Morgan fingerprint density at radius 1 is 1.13 bits per heavy atom. The molecule has 3 aliphatic rings. The molecule has 1 aromatic carbocycles. The number of rotatable bonds is 5. The second kappa shape index (κ2) is 9.06. The first kappa shape index (κ1) is 21.9. The molecular weight excluding hydrogens is 418 g/mol. The Morgan fingerprint density at radius 3 is 2.55 bits per heavy atom. The van der Waals surface area contributed by atoms with Gasteiger partial charge < -0.3 is 19.9 Å². The first-order valence-corrected chi connectivity index (χ1v) is 12.9. The van der Waals surface area contributed by atoms with Crippen LogP contribution in [0, 0.1) is 0 Å². The molecule has 1 aliphatic carbocycles. The van der Waals surface area contributed by atoms with Crippen molar-refractivity contribution in [2.24, 2.45) is 0 Å². The van der Waals surface area contributed by atoms with E-state index < -0.39 is 15.9 Å². The number of anilines is 1. The number of ether oxygens (including phenoxy) is 1. The van der Waals surface area contributed by atoms with Crippen LogP contribution in [-0.2, 0) is 19.4 Å². The van der Waals surface area contributed by atoms with Crippen LogP contribution in [0.5, 0.6) is 5.75 Å². The van der Waals surface area contributed by atoms with Crippen LogP contribution >= 0.6 is 0 Å². The van der Waals surface area contributed by atoms with Crippen molar-refractivity contribution in [2.45, 2.75) is 56.7 Å². The van der Waals surface area contributed by atoms with Crippen LogP contribution in [0.2, 0.25) is 0 Å². The summed E-state index contributed by atoms with van der Waals surface area (Å²) < 4.78 is 30.1. The van der Waals surface area contributed by atoms with Crippen molar-refractivity contribution in [3.8, 4) is 5.75 Å². The van der Waals surface area contributed by atoms with Gasteiger partial charge in [0.15, 0.2) is 15.9 Å². The smallest absolute Gasteiger partial charge is 0.262 e. The molecule has 2 atom stereocenters. The highest BCUT2D eigenvalue weighted by atomic mass is 32.2. The Labute approximate surface area is 183 Å². The molecule has 2 heterocycles. The van der Waals surface area contributed by atoms with Gasteiger partial charge in [-0.1, -0.05) is 31.4 Å². The molecule has 1 saturated heterocycles. The molecule has 1 aromatic rings. The second-order valence-corrected chi connectivity index (χ2v) is 10.9. The van der Waals surface area contributed by atoms with E-state index in [2.05, 4.69) is 5.32 Å². The monoisotopic (exact) mass is 449 g/mol. The van der Waals surface area contributed by atoms with Gasteiger partial charge in [0, 0.05) is 19.1 Å². The zero-order valence-electron chi connectivity index (χ0n) is 18.0. The lowest BCUT2D eigenvalue weighted by Gasteiger charge is -2.41. The van der Waals surface area contributed by atoms with Gasteiger partial charge in [0.25, 0.3) is 5.91 Å². The van der Waals surface area contributed by atoms with Gasteiger partial charge in [-0.05, 0) is 31.4 Å². The molecule has 9 heteroatoms. The second-order valence-electron chi connectivity index (χ2n) is 8.72. The summed E-state index contributed by atoms with van der Waals surface area (Å²) in [6.07, 6.45) is 4.92. The SMILES string of the molecule is CNC(=O)[C@@H]1CN(CC(=O)N(C2CCCCC2)[C@H]2CCS(=O)(=O)C2)c2ccccc2O1. The fraction of sp³-hybridized carbons (Fsp3) is 0.636. The standard InChI is InChI=1S/C22H31N3O5S/c1-23-22(27)20-13-24(18-9-5-6-10-19(18)30-20)14-21(26)25(16-7-3-2-4-8-16)17-11-12-31(28,29)15-17/h5-6,9-10,16-17,20H,2-4,7-8,11-15H2,1H3,(H,23,27)/t17-,20-/m0/s1. The van der Waals surface area contributed by atoms with Crippen LogP contribution in [0.3, 0.4) is 0 Å². The predicted octanol–water partition coefficient (Wildman–Crippen LogP) is 1.35. The number of benzene rings is 1. The zero-order chi connectivity index (χ0) is 22.0. The highest BCUT2D eigenvalue weighted by Gasteiger charge is 2.40. The van der Waals surface area contributed by atoms with E-state index in [1.54, 1.807) is 13.1 Å². The number of carbonyl (C=O) groups is 2. The van der Waals surface area contributed by atoms with Crippen molar-refractivity contribution in [3.05, 3.63) is 24.3 Å². The predicted molar refractivity (Wildman–Crippen MR) is 118 cm³/mol. The van der Waals surface area contributed by atoms with E-state index in [1.807, 2.05) is 28.0 Å². The Hall–Kier alpha value is -2.29. The third kappa shape index (κ3) is 4.81. The lowest BCUT2D eigenvalue weighted by atomic mass is 9.92. The third-order valence-electron chi connectivity index (χ3n) is 6.58. The van der Waals surface area contributed by atoms with E-state index >= 15 is 0 Å². The topological polar surface area (TPSA) is 96.0 Å². The van der Waals surface area contributed by atoms with Gasteiger partial charge in [-0.25, -0.2) is 8.42 Å². The minimum absolute atomic E-state index is 0.0514. The van der Waals surface area contributed by atoms with Crippen LogP contribution in [0.1, 0.15) is 38.5 Å². The summed E-state index contributed by atoms with van der Waals surface area (Å²) in [4.78, 5) is 29.6. The molecule has 2 aliphatic heterocycles. The number of likely N-dealkylation sites (N-methyl/N-ethyl adjacent to an activating group) is 1. The summed E-state index contributed by atoms with van der Waals surface area (Å²) in [6.45, 7) is 0.366. The molecule has 0 bridgehead atoms. The average molecular weight is 450 g/mol. The third-order valence-corrected chi connectivity index (χ3v) is 8.33. The minimum Gasteiger partial charge on any atom is -0.477 e. The summed E-state index contributed by atoms with van der Waals surface area (Å²) in [5.41, 5.74) is 0.777. The Kier molecular flexibility index (Phi) is 6.41. The average Bonchev–Trinajstić information content (AvgIpc) is 3.13. The summed E-state index contributed by atoms with van der Waals surface area (Å²) in [5, 5.41) is 2.61. The number of sulfone groups is 1. The molecule has 0 radical (unpaired) electrons. The number of nitrogens with one attached hydrogen (secondary N) is 1. The van der Waals surface area contributed by atoms with Crippen LogP contribution in [0.15, 0.2) is 24.3 Å². The molecule has 4 rings (SSSR count). The first-order chi connectivity index (χ1) is 14.9. The molecule has 1 saturated carbocycles. The fourth-order valence-corrected chi connectivity index (χ4v) is 6.77. The molecule has 0 aromatic heterocycles.